The topological polar surface area (TPSA) is 54.6 Å². The van der Waals surface area contributed by atoms with E-state index in [4.69, 9.17) is 9.47 Å². The van der Waals surface area contributed by atoms with Crippen LogP contribution in [0.2, 0.25) is 0 Å². The van der Waals surface area contributed by atoms with Crippen molar-refractivity contribution in [3.63, 3.8) is 0 Å². The van der Waals surface area contributed by atoms with Crippen molar-refractivity contribution in [2.45, 2.75) is 39.0 Å². The van der Waals surface area contributed by atoms with E-state index in [1.54, 1.807) is 7.11 Å². The molecule has 158 valence electrons. The van der Waals surface area contributed by atoms with E-state index in [2.05, 4.69) is 36.3 Å². The summed E-state index contributed by atoms with van der Waals surface area (Å²) >= 11 is 0. The van der Waals surface area contributed by atoms with Crippen LogP contribution in [0.25, 0.3) is 10.9 Å². The van der Waals surface area contributed by atoms with Gasteiger partial charge in [-0.1, -0.05) is 17.7 Å². The Kier molecular flexibility index (Phi) is 5.98. The fourth-order valence-corrected chi connectivity index (χ4v) is 4.39. The number of piperidine rings is 1. The maximum Gasteiger partial charge on any atom is 0.225 e. The summed E-state index contributed by atoms with van der Waals surface area (Å²) in [4.78, 5) is 18.0. The molecule has 30 heavy (non-hydrogen) atoms. The van der Waals surface area contributed by atoms with Gasteiger partial charge < -0.3 is 19.4 Å². The molecule has 1 aromatic heterocycles. The van der Waals surface area contributed by atoms with Crippen LogP contribution in [-0.2, 0) is 4.79 Å². The number of H-pyrrole nitrogens is 1. The number of hydrogen-bond donors (Lipinski definition) is 1. The van der Waals surface area contributed by atoms with E-state index in [1.807, 2.05) is 30.0 Å². The average Bonchev–Trinajstić information content (AvgIpc) is 3.18. The van der Waals surface area contributed by atoms with E-state index < -0.39 is 0 Å². The molecule has 0 aliphatic carbocycles. The molecule has 2 aromatic carbocycles. The van der Waals surface area contributed by atoms with Gasteiger partial charge in [-0.05, 0) is 68.0 Å². The molecule has 0 bridgehead atoms. The standard InChI is InChI=1S/C25H30N2O3/c1-17-4-7-24(18(2)14-17)30-13-10-25(28)27-11-8-19(9-12-27)22-16-26-23-6-5-20(29-3)15-21(22)23/h4-7,14-16,19,26H,8-13H2,1-3H3. The fraction of sp³-hybridized carbons (Fsp3) is 0.400. The number of benzene rings is 2. The number of nitrogens with one attached hydrogen (secondary N) is 1. The minimum atomic E-state index is 0.179. The van der Waals surface area contributed by atoms with Crippen molar-refractivity contribution in [1.82, 2.24) is 9.88 Å². The summed E-state index contributed by atoms with van der Waals surface area (Å²) in [5, 5.41) is 1.22. The number of carbonyl (C=O) groups is 1. The van der Waals surface area contributed by atoms with E-state index in [1.165, 1.54) is 16.5 Å². The van der Waals surface area contributed by atoms with Crippen molar-refractivity contribution >= 4 is 16.8 Å². The van der Waals surface area contributed by atoms with Crippen LogP contribution in [0.1, 0.15) is 41.9 Å². The smallest absolute Gasteiger partial charge is 0.225 e. The average molecular weight is 407 g/mol. The number of amides is 1. The maximum absolute atomic E-state index is 12.6. The molecule has 1 aliphatic rings. The molecule has 1 amide bonds. The molecule has 0 unspecified atom stereocenters. The normalized spacial score (nSPS) is 14.8. The minimum absolute atomic E-state index is 0.179. The fourth-order valence-electron chi connectivity index (χ4n) is 4.39. The highest BCUT2D eigenvalue weighted by Crippen LogP contribution is 2.34. The molecule has 2 heterocycles. The van der Waals surface area contributed by atoms with Crippen molar-refractivity contribution < 1.29 is 14.3 Å². The Morgan fingerprint density at radius 2 is 1.93 bits per heavy atom. The number of rotatable bonds is 6. The lowest BCUT2D eigenvalue weighted by Crippen LogP contribution is -2.38. The zero-order valence-corrected chi connectivity index (χ0v) is 18.0. The summed E-state index contributed by atoms with van der Waals surface area (Å²) in [6.07, 6.45) is 4.49. The van der Waals surface area contributed by atoms with Crippen molar-refractivity contribution in [2.24, 2.45) is 0 Å². The van der Waals surface area contributed by atoms with Crippen molar-refractivity contribution in [2.75, 3.05) is 26.8 Å². The highest BCUT2D eigenvalue weighted by atomic mass is 16.5. The van der Waals surface area contributed by atoms with Crippen LogP contribution in [0, 0.1) is 13.8 Å². The lowest BCUT2D eigenvalue weighted by molar-refractivity contribution is -0.132. The van der Waals surface area contributed by atoms with Crippen LogP contribution in [0.5, 0.6) is 11.5 Å². The second kappa shape index (κ2) is 8.82. The first kappa shape index (κ1) is 20.3. The summed E-state index contributed by atoms with van der Waals surface area (Å²) in [6, 6.07) is 12.3. The molecule has 4 rings (SSSR count). The number of ether oxygens (including phenoxy) is 2. The molecule has 1 aliphatic heterocycles. The zero-order valence-electron chi connectivity index (χ0n) is 18.0. The largest absolute Gasteiger partial charge is 0.497 e. The third-order valence-corrected chi connectivity index (χ3v) is 6.11. The number of fused-ring (bicyclic) bond motifs is 1. The van der Waals surface area contributed by atoms with Gasteiger partial charge in [0.15, 0.2) is 0 Å². The van der Waals surface area contributed by atoms with Gasteiger partial charge >= 0.3 is 0 Å². The number of aromatic amines is 1. The van der Waals surface area contributed by atoms with Crippen LogP contribution < -0.4 is 9.47 Å². The Balaban J connectivity index is 1.30. The van der Waals surface area contributed by atoms with Gasteiger partial charge in [-0.3, -0.25) is 4.79 Å². The molecular formula is C25H30N2O3. The molecule has 0 saturated carbocycles. The first-order valence-corrected chi connectivity index (χ1v) is 10.7. The van der Waals surface area contributed by atoms with Gasteiger partial charge in [-0.25, -0.2) is 0 Å². The Morgan fingerprint density at radius 3 is 2.67 bits per heavy atom. The highest BCUT2D eigenvalue weighted by molar-refractivity contribution is 5.85. The highest BCUT2D eigenvalue weighted by Gasteiger charge is 2.25. The van der Waals surface area contributed by atoms with Gasteiger partial charge in [0.2, 0.25) is 5.91 Å². The summed E-state index contributed by atoms with van der Waals surface area (Å²) in [6.45, 7) is 6.12. The van der Waals surface area contributed by atoms with Crippen molar-refractivity contribution in [3.8, 4) is 11.5 Å². The van der Waals surface area contributed by atoms with Gasteiger partial charge in [-0.2, -0.15) is 0 Å². The summed E-state index contributed by atoms with van der Waals surface area (Å²) < 4.78 is 11.2. The minimum Gasteiger partial charge on any atom is -0.497 e. The molecule has 1 saturated heterocycles. The van der Waals surface area contributed by atoms with E-state index in [-0.39, 0.29) is 5.91 Å². The Hall–Kier alpha value is -2.95. The number of nitrogens with zero attached hydrogens (tertiary/aromatic N) is 1. The number of aryl methyl sites for hydroxylation is 2. The van der Waals surface area contributed by atoms with Crippen LogP contribution in [0.15, 0.2) is 42.6 Å². The number of carbonyl (C=O) groups excluding carboxylic acids is 1. The van der Waals surface area contributed by atoms with E-state index in [0.717, 1.165) is 48.5 Å². The summed E-state index contributed by atoms with van der Waals surface area (Å²) in [5.41, 5.74) is 4.79. The second-order valence-corrected chi connectivity index (χ2v) is 8.18. The predicted octanol–water partition coefficient (Wildman–Crippen LogP) is 4.97. The Morgan fingerprint density at radius 1 is 1.13 bits per heavy atom. The monoisotopic (exact) mass is 406 g/mol. The molecule has 1 fully saturated rings. The van der Waals surface area contributed by atoms with E-state index in [0.29, 0.717) is 18.9 Å². The van der Waals surface area contributed by atoms with E-state index >= 15 is 0 Å². The van der Waals surface area contributed by atoms with Gasteiger partial charge in [-0.15, -0.1) is 0 Å². The molecule has 1 N–H and O–H groups in total. The molecular weight excluding hydrogens is 376 g/mol. The SMILES string of the molecule is COc1ccc2[nH]cc(C3CCN(C(=O)CCOc4ccc(C)cc4C)CC3)c2c1. The van der Waals surface area contributed by atoms with Crippen molar-refractivity contribution in [3.05, 3.63) is 59.3 Å². The van der Waals surface area contributed by atoms with Crippen LogP contribution in [0.4, 0.5) is 0 Å². The molecule has 5 heteroatoms. The lowest BCUT2D eigenvalue weighted by atomic mass is 9.89. The van der Waals surface area contributed by atoms with Gasteiger partial charge in [0.05, 0.1) is 20.1 Å². The van der Waals surface area contributed by atoms with Gasteiger partial charge in [0.1, 0.15) is 11.5 Å². The third kappa shape index (κ3) is 4.30. The lowest BCUT2D eigenvalue weighted by Gasteiger charge is -2.32. The van der Waals surface area contributed by atoms with Crippen LogP contribution >= 0.6 is 0 Å². The Labute approximate surface area is 178 Å². The molecule has 0 radical (unpaired) electrons. The Bertz CT molecular complexity index is 1030. The number of hydrogen-bond acceptors (Lipinski definition) is 3. The quantitative estimate of drug-likeness (QED) is 0.629. The molecule has 5 nitrogen and oxygen atoms in total. The number of methoxy groups -OCH3 is 1. The third-order valence-electron chi connectivity index (χ3n) is 6.11. The van der Waals surface area contributed by atoms with Crippen LogP contribution in [0.3, 0.4) is 0 Å². The number of aromatic nitrogens is 1. The maximum atomic E-state index is 12.6. The first-order chi connectivity index (χ1) is 14.5. The second-order valence-electron chi connectivity index (χ2n) is 8.18. The number of likely N-dealkylation sites (tertiary alicyclic amines) is 1. The molecule has 0 atom stereocenters. The van der Waals surface area contributed by atoms with Gasteiger partial charge in [0.25, 0.3) is 0 Å². The van der Waals surface area contributed by atoms with Gasteiger partial charge in [0, 0.05) is 30.2 Å². The summed E-state index contributed by atoms with van der Waals surface area (Å²) in [5.74, 6) is 2.38. The van der Waals surface area contributed by atoms with E-state index in [9.17, 15) is 4.79 Å². The van der Waals surface area contributed by atoms with Crippen molar-refractivity contribution in [1.29, 1.82) is 0 Å². The predicted molar refractivity (Wildman–Crippen MR) is 119 cm³/mol. The zero-order chi connectivity index (χ0) is 21.1. The van der Waals surface area contributed by atoms with Crippen LogP contribution in [-0.4, -0.2) is 42.6 Å². The molecule has 3 aromatic rings. The molecule has 0 spiro atoms. The first-order valence-electron chi connectivity index (χ1n) is 10.7. The summed E-state index contributed by atoms with van der Waals surface area (Å²) in [7, 11) is 1.70.